The third-order valence-electron chi connectivity index (χ3n) is 2.29. The first-order valence-electron chi connectivity index (χ1n) is 4.60. The predicted molar refractivity (Wildman–Crippen MR) is 69.9 cm³/mol. The van der Waals surface area contributed by atoms with E-state index in [1.807, 2.05) is 17.5 Å². The quantitative estimate of drug-likeness (QED) is 0.913. The fourth-order valence-electron chi connectivity index (χ4n) is 1.45. The van der Waals surface area contributed by atoms with Crippen LogP contribution in [0, 0.1) is 0 Å². The van der Waals surface area contributed by atoms with E-state index in [0.717, 1.165) is 4.60 Å². The number of benzene rings is 1. The molecule has 0 bridgehead atoms. The first-order valence-corrected chi connectivity index (χ1v) is 6.66. The van der Waals surface area contributed by atoms with E-state index in [9.17, 15) is 5.11 Å². The molecule has 16 heavy (non-hydrogen) atoms. The molecule has 1 unspecified atom stereocenters. The van der Waals surface area contributed by atoms with Crippen molar-refractivity contribution in [1.29, 1.82) is 0 Å². The maximum Gasteiger partial charge on any atom is 0.140 e. The molecule has 0 aliphatic heterocycles. The molecule has 2 aromatic rings. The highest BCUT2D eigenvalue weighted by molar-refractivity contribution is 9.10. The van der Waals surface area contributed by atoms with Gasteiger partial charge in [-0.15, -0.1) is 11.3 Å². The van der Waals surface area contributed by atoms with Crippen LogP contribution in [0.2, 0.25) is 5.02 Å². The van der Waals surface area contributed by atoms with Crippen molar-refractivity contribution in [3.63, 3.8) is 0 Å². The summed E-state index contributed by atoms with van der Waals surface area (Å²) in [4.78, 5) is 4.23. The average molecular weight is 319 g/mol. The maximum atomic E-state index is 10.5. The Bertz CT molecular complexity index is 512. The van der Waals surface area contributed by atoms with Gasteiger partial charge in [0.15, 0.2) is 0 Å². The first kappa shape index (κ1) is 12.0. The number of hydrogen-bond donors (Lipinski definition) is 1. The summed E-state index contributed by atoms with van der Waals surface area (Å²) >= 11 is 10.7. The van der Waals surface area contributed by atoms with Crippen LogP contribution in [0.15, 0.2) is 34.2 Å². The van der Waals surface area contributed by atoms with Crippen molar-refractivity contribution in [2.75, 3.05) is 0 Å². The number of aliphatic hydroxyl groups is 1. The molecule has 0 fully saturated rings. The van der Waals surface area contributed by atoms with Crippen LogP contribution in [-0.4, -0.2) is 10.1 Å². The highest BCUT2D eigenvalue weighted by Crippen LogP contribution is 2.35. The Morgan fingerprint density at radius 3 is 2.69 bits per heavy atom. The Kier molecular flexibility index (Phi) is 3.35. The molecule has 0 radical (unpaired) electrons. The van der Waals surface area contributed by atoms with Gasteiger partial charge in [-0.05, 0) is 28.9 Å². The standard InChI is InChI=1S/C11H9BrClNOS/c1-11(15,10-14-9(12)6-16-10)7-4-2-3-5-8(7)13/h2-6,15H,1H3. The van der Waals surface area contributed by atoms with E-state index < -0.39 is 5.60 Å². The molecule has 1 heterocycles. The Balaban J connectivity index is 2.50. The van der Waals surface area contributed by atoms with Crippen molar-refractivity contribution >= 4 is 38.9 Å². The van der Waals surface area contributed by atoms with Crippen LogP contribution in [0.1, 0.15) is 17.5 Å². The molecule has 0 amide bonds. The van der Waals surface area contributed by atoms with Gasteiger partial charge in [0.25, 0.3) is 0 Å². The molecule has 0 saturated carbocycles. The van der Waals surface area contributed by atoms with E-state index >= 15 is 0 Å². The number of hydrogen-bond acceptors (Lipinski definition) is 3. The van der Waals surface area contributed by atoms with Gasteiger partial charge in [0.1, 0.15) is 15.2 Å². The summed E-state index contributed by atoms with van der Waals surface area (Å²) in [5.74, 6) is 0. The molecule has 1 N–H and O–H groups in total. The van der Waals surface area contributed by atoms with Crippen molar-refractivity contribution in [1.82, 2.24) is 4.98 Å². The highest BCUT2D eigenvalue weighted by Gasteiger charge is 2.30. The molecule has 1 aromatic carbocycles. The predicted octanol–water partition coefficient (Wildman–Crippen LogP) is 3.81. The second-order valence-corrected chi connectivity index (χ2v) is 5.61. The van der Waals surface area contributed by atoms with Crippen molar-refractivity contribution in [3.8, 4) is 0 Å². The monoisotopic (exact) mass is 317 g/mol. The molecule has 0 aliphatic rings. The van der Waals surface area contributed by atoms with Gasteiger partial charge in [-0.1, -0.05) is 29.8 Å². The number of aromatic nitrogens is 1. The van der Waals surface area contributed by atoms with E-state index in [4.69, 9.17) is 11.6 Å². The second kappa shape index (κ2) is 4.45. The molecular weight excluding hydrogens is 310 g/mol. The molecule has 0 spiro atoms. The van der Waals surface area contributed by atoms with E-state index in [-0.39, 0.29) is 0 Å². The lowest BCUT2D eigenvalue weighted by molar-refractivity contribution is 0.102. The topological polar surface area (TPSA) is 33.1 Å². The smallest absolute Gasteiger partial charge is 0.140 e. The third-order valence-corrected chi connectivity index (χ3v) is 4.38. The van der Waals surface area contributed by atoms with Crippen LogP contribution in [0.25, 0.3) is 0 Å². The van der Waals surface area contributed by atoms with E-state index in [0.29, 0.717) is 15.6 Å². The molecule has 0 aliphatic carbocycles. The normalized spacial score (nSPS) is 14.8. The summed E-state index contributed by atoms with van der Waals surface area (Å²) in [6.45, 7) is 1.69. The van der Waals surface area contributed by atoms with Crippen molar-refractivity contribution in [2.45, 2.75) is 12.5 Å². The fraction of sp³-hybridized carbons (Fsp3) is 0.182. The minimum atomic E-state index is -1.16. The summed E-state index contributed by atoms with van der Waals surface area (Å²) in [5, 5.41) is 13.5. The van der Waals surface area contributed by atoms with Crippen LogP contribution < -0.4 is 0 Å². The minimum absolute atomic E-state index is 0.541. The summed E-state index contributed by atoms with van der Waals surface area (Å²) in [5.41, 5.74) is -0.492. The second-order valence-electron chi connectivity index (χ2n) is 3.53. The average Bonchev–Trinajstić information content (AvgIpc) is 2.66. The van der Waals surface area contributed by atoms with E-state index in [2.05, 4.69) is 20.9 Å². The molecule has 1 aromatic heterocycles. The third kappa shape index (κ3) is 2.15. The van der Waals surface area contributed by atoms with Crippen molar-refractivity contribution in [3.05, 3.63) is 49.8 Å². The molecular formula is C11H9BrClNOS. The summed E-state index contributed by atoms with van der Waals surface area (Å²) < 4.78 is 0.722. The van der Waals surface area contributed by atoms with Gasteiger partial charge in [0, 0.05) is 16.0 Å². The van der Waals surface area contributed by atoms with Gasteiger partial charge >= 0.3 is 0 Å². The number of rotatable bonds is 2. The zero-order valence-electron chi connectivity index (χ0n) is 8.45. The molecule has 1 atom stereocenters. The number of halogens is 2. The van der Waals surface area contributed by atoms with Gasteiger partial charge in [0.05, 0.1) is 0 Å². The molecule has 84 valence electrons. The zero-order chi connectivity index (χ0) is 11.8. The highest BCUT2D eigenvalue weighted by atomic mass is 79.9. The molecule has 2 nitrogen and oxygen atoms in total. The van der Waals surface area contributed by atoms with Crippen molar-refractivity contribution in [2.24, 2.45) is 0 Å². The Morgan fingerprint density at radius 2 is 2.12 bits per heavy atom. The Labute approximate surface area is 111 Å². The zero-order valence-corrected chi connectivity index (χ0v) is 11.6. The fourth-order valence-corrected chi connectivity index (χ4v) is 3.10. The number of thiazole rings is 1. The largest absolute Gasteiger partial charge is 0.378 e. The SMILES string of the molecule is CC(O)(c1nc(Br)cs1)c1ccccc1Cl. The van der Waals surface area contributed by atoms with Gasteiger partial charge < -0.3 is 5.11 Å². The van der Waals surface area contributed by atoms with Crippen LogP contribution in [0.4, 0.5) is 0 Å². The lowest BCUT2D eigenvalue weighted by Gasteiger charge is -2.22. The van der Waals surface area contributed by atoms with Crippen LogP contribution in [0.5, 0.6) is 0 Å². The van der Waals surface area contributed by atoms with Gasteiger partial charge in [0.2, 0.25) is 0 Å². The lowest BCUT2D eigenvalue weighted by Crippen LogP contribution is -2.22. The van der Waals surface area contributed by atoms with Crippen molar-refractivity contribution < 1.29 is 5.11 Å². The van der Waals surface area contributed by atoms with Crippen LogP contribution in [0.3, 0.4) is 0 Å². The van der Waals surface area contributed by atoms with Gasteiger partial charge in [-0.25, -0.2) is 4.98 Å². The van der Waals surface area contributed by atoms with Gasteiger partial charge in [-0.2, -0.15) is 0 Å². The Hall–Kier alpha value is -0.420. The molecule has 2 rings (SSSR count). The first-order chi connectivity index (χ1) is 7.51. The van der Waals surface area contributed by atoms with Crippen LogP contribution in [-0.2, 0) is 5.60 Å². The van der Waals surface area contributed by atoms with E-state index in [1.54, 1.807) is 19.1 Å². The summed E-state index contributed by atoms with van der Waals surface area (Å²) in [6, 6.07) is 7.24. The lowest BCUT2D eigenvalue weighted by atomic mass is 9.97. The Morgan fingerprint density at radius 1 is 1.44 bits per heavy atom. The molecule has 5 heteroatoms. The molecule has 0 saturated heterocycles. The minimum Gasteiger partial charge on any atom is -0.378 e. The van der Waals surface area contributed by atoms with Crippen LogP contribution >= 0.6 is 38.9 Å². The maximum absolute atomic E-state index is 10.5. The van der Waals surface area contributed by atoms with Gasteiger partial charge in [-0.3, -0.25) is 0 Å². The summed E-state index contributed by atoms with van der Waals surface area (Å²) in [7, 11) is 0. The number of nitrogens with zero attached hydrogens (tertiary/aromatic N) is 1. The van der Waals surface area contributed by atoms with E-state index in [1.165, 1.54) is 11.3 Å². The summed E-state index contributed by atoms with van der Waals surface area (Å²) in [6.07, 6.45) is 0.